The lowest BCUT2D eigenvalue weighted by Gasteiger charge is -2.41. The lowest BCUT2D eigenvalue weighted by atomic mass is 9.79. The first-order valence-electron chi connectivity index (χ1n) is 12.8. The van der Waals surface area contributed by atoms with Crippen LogP contribution in [0.3, 0.4) is 0 Å². The summed E-state index contributed by atoms with van der Waals surface area (Å²) in [4.78, 5) is 33.2. The Bertz CT molecular complexity index is 987. The van der Waals surface area contributed by atoms with E-state index in [9.17, 15) is 9.59 Å². The standard InChI is InChI=1S/C27H40N4O4/c1-6-27(7-2)15-22(32)31(25(28)30-27)20(12-13-34-5)18-14-19(18)24(33)29-23-17-10-8-9-11-21(17)35-16-26(23,3)4/h8-11,18-20,23H,6-7,12-16H2,1-5H3,(H2,28,30)(H,29,33)/t18?,19-,20-,23-/m1/s1. The van der Waals surface area contributed by atoms with Crippen molar-refractivity contribution in [2.45, 2.75) is 77.4 Å². The van der Waals surface area contributed by atoms with Gasteiger partial charge >= 0.3 is 0 Å². The van der Waals surface area contributed by atoms with Gasteiger partial charge in [-0.1, -0.05) is 45.9 Å². The van der Waals surface area contributed by atoms with Gasteiger partial charge in [0.05, 0.1) is 24.6 Å². The second kappa shape index (κ2) is 9.80. The smallest absolute Gasteiger partial charge is 0.231 e. The van der Waals surface area contributed by atoms with E-state index in [-0.39, 0.29) is 47.1 Å². The number of carbonyl (C=O) groups excluding carboxylic acids is 2. The molecular weight excluding hydrogens is 444 g/mol. The molecule has 1 aromatic rings. The molecular formula is C27H40N4O4. The van der Waals surface area contributed by atoms with Crippen LogP contribution in [-0.2, 0) is 14.3 Å². The van der Waals surface area contributed by atoms with Crippen molar-refractivity contribution in [3.8, 4) is 5.75 Å². The fraction of sp³-hybridized carbons (Fsp3) is 0.667. The van der Waals surface area contributed by atoms with Gasteiger partial charge in [0.2, 0.25) is 11.8 Å². The number of hydrogen-bond acceptors (Lipinski definition) is 6. The Morgan fingerprint density at radius 2 is 2.03 bits per heavy atom. The Labute approximate surface area is 208 Å². The van der Waals surface area contributed by atoms with Crippen LogP contribution >= 0.6 is 0 Å². The van der Waals surface area contributed by atoms with Gasteiger partial charge in [-0.3, -0.25) is 14.5 Å². The van der Waals surface area contributed by atoms with Crippen LogP contribution in [0.1, 0.15) is 71.4 Å². The minimum absolute atomic E-state index is 0.00662. The number of benzene rings is 1. The Kier molecular flexibility index (Phi) is 7.13. The highest BCUT2D eigenvalue weighted by Gasteiger charge is 2.53. The minimum Gasteiger partial charge on any atom is -0.493 e. The predicted octanol–water partition coefficient (Wildman–Crippen LogP) is 3.41. The molecule has 1 aliphatic carbocycles. The number of guanidine groups is 1. The molecule has 8 heteroatoms. The number of carbonyl (C=O) groups is 2. The predicted molar refractivity (Wildman–Crippen MR) is 135 cm³/mol. The van der Waals surface area contributed by atoms with E-state index in [1.165, 1.54) is 0 Å². The van der Waals surface area contributed by atoms with Gasteiger partial charge < -0.3 is 20.5 Å². The Balaban J connectivity index is 1.52. The number of nitrogens with zero attached hydrogens (tertiary/aromatic N) is 2. The van der Waals surface area contributed by atoms with Gasteiger partial charge in [0.1, 0.15) is 5.75 Å². The topological polar surface area (TPSA) is 106 Å². The van der Waals surface area contributed by atoms with Crippen LogP contribution in [-0.4, -0.2) is 54.6 Å². The summed E-state index contributed by atoms with van der Waals surface area (Å²) in [6.45, 7) is 9.32. The molecule has 2 aliphatic heterocycles. The summed E-state index contributed by atoms with van der Waals surface area (Å²) in [6, 6.07) is 7.53. The van der Waals surface area contributed by atoms with Crippen molar-refractivity contribution < 1.29 is 19.1 Å². The third kappa shape index (κ3) is 4.90. The molecule has 0 saturated heterocycles. The van der Waals surface area contributed by atoms with E-state index < -0.39 is 5.54 Å². The lowest BCUT2D eigenvalue weighted by molar-refractivity contribution is -0.133. The molecule has 2 amide bonds. The number of rotatable bonds is 9. The van der Waals surface area contributed by atoms with E-state index in [2.05, 4.69) is 19.2 Å². The van der Waals surface area contributed by atoms with Gasteiger partial charge in [0.25, 0.3) is 0 Å². The van der Waals surface area contributed by atoms with E-state index in [4.69, 9.17) is 20.2 Å². The molecule has 0 bridgehead atoms. The van der Waals surface area contributed by atoms with Crippen LogP contribution in [0, 0.1) is 17.3 Å². The lowest BCUT2D eigenvalue weighted by Crippen LogP contribution is -2.56. The van der Waals surface area contributed by atoms with Crippen molar-refractivity contribution in [3.63, 3.8) is 0 Å². The van der Waals surface area contributed by atoms with Crippen LogP contribution in [0.2, 0.25) is 0 Å². The summed E-state index contributed by atoms with van der Waals surface area (Å²) in [5.74, 6) is 0.956. The highest BCUT2D eigenvalue weighted by atomic mass is 16.5. The number of amides is 2. The van der Waals surface area contributed by atoms with Gasteiger partial charge in [-0.15, -0.1) is 0 Å². The van der Waals surface area contributed by atoms with Crippen LogP contribution in [0.25, 0.3) is 0 Å². The Morgan fingerprint density at radius 1 is 1.31 bits per heavy atom. The van der Waals surface area contributed by atoms with Gasteiger partial charge in [-0.05, 0) is 37.7 Å². The average molecular weight is 485 g/mol. The zero-order chi connectivity index (χ0) is 25.4. The number of ether oxygens (including phenoxy) is 2. The van der Waals surface area contributed by atoms with Crippen molar-refractivity contribution in [2.24, 2.45) is 28.0 Å². The highest BCUT2D eigenvalue weighted by Crippen LogP contribution is 2.48. The zero-order valence-corrected chi connectivity index (χ0v) is 21.7. The van der Waals surface area contributed by atoms with Crippen LogP contribution in [0.15, 0.2) is 29.3 Å². The maximum Gasteiger partial charge on any atom is 0.231 e. The van der Waals surface area contributed by atoms with E-state index in [1.54, 1.807) is 12.0 Å². The Morgan fingerprint density at radius 3 is 2.69 bits per heavy atom. The molecule has 192 valence electrons. The molecule has 2 heterocycles. The molecule has 0 aromatic heterocycles. The normalized spacial score (nSPS) is 27.3. The fourth-order valence-corrected chi connectivity index (χ4v) is 5.70. The number of para-hydroxylation sites is 1. The van der Waals surface area contributed by atoms with Gasteiger partial charge in [0, 0.05) is 36.7 Å². The SMILES string of the molecule is CCC1(CC)CC(=O)N([C@H](CCOC)C2C[C@H]2C(=O)N[C@@H]2c3ccccc3OCC2(C)C)C(N)=N1. The number of nitrogens with two attached hydrogens (primary N) is 1. The molecule has 0 radical (unpaired) electrons. The summed E-state index contributed by atoms with van der Waals surface area (Å²) in [5, 5.41) is 3.31. The number of hydrogen-bond donors (Lipinski definition) is 2. The van der Waals surface area contributed by atoms with Crippen LogP contribution in [0.4, 0.5) is 0 Å². The number of methoxy groups -OCH3 is 1. The second-order valence-electron chi connectivity index (χ2n) is 11.0. The van der Waals surface area contributed by atoms with Crippen molar-refractivity contribution >= 4 is 17.8 Å². The van der Waals surface area contributed by atoms with Crippen LogP contribution in [0.5, 0.6) is 5.75 Å². The first-order chi connectivity index (χ1) is 16.7. The molecule has 4 rings (SSSR count). The molecule has 3 N–H and O–H groups in total. The minimum atomic E-state index is -0.425. The van der Waals surface area contributed by atoms with Crippen molar-refractivity contribution in [1.29, 1.82) is 0 Å². The summed E-state index contributed by atoms with van der Waals surface area (Å²) >= 11 is 0. The molecule has 1 saturated carbocycles. The van der Waals surface area contributed by atoms with Gasteiger partial charge in [-0.25, -0.2) is 4.99 Å². The molecule has 8 nitrogen and oxygen atoms in total. The summed E-state index contributed by atoms with van der Waals surface area (Å²) < 4.78 is 11.3. The first kappa shape index (κ1) is 25.5. The van der Waals surface area contributed by atoms with Crippen molar-refractivity contribution in [2.75, 3.05) is 20.3 Å². The molecule has 1 unspecified atom stereocenters. The largest absolute Gasteiger partial charge is 0.493 e. The third-order valence-electron chi connectivity index (χ3n) is 8.18. The maximum absolute atomic E-state index is 13.5. The molecule has 1 fully saturated rings. The van der Waals surface area contributed by atoms with Crippen molar-refractivity contribution in [3.05, 3.63) is 29.8 Å². The summed E-state index contributed by atoms with van der Waals surface area (Å²) in [5.41, 5.74) is 6.73. The zero-order valence-electron chi connectivity index (χ0n) is 21.7. The van der Waals surface area contributed by atoms with Gasteiger partial charge in [0.15, 0.2) is 5.96 Å². The molecule has 35 heavy (non-hydrogen) atoms. The van der Waals surface area contributed by atoms with E-state index >= 15 is 0 Å². The third-order valence-corrected chi connectivity index (χ3v) is 8.18. The Hall–Kier alpha value is -2.61. The van der Waals surface area contributed by atoms with E-state index in [0.717, 1.165) is 30.6 Å². The quantitative estimate of drug-likeness (QED) is 0.559. The second-order valence-corrected chi connectivity index (χ2v) is 11.0. The molecule has 0 spiro atoms. The van der Waals surface area contributed by atoms with E-state index in [0.29, 0.717) is 26.1 Å². The monoisotopic (exact) mass is 484 g/mol. The molecule has 3 aliphatic rings. The number of nitrogens with one attached hydrogen (secondary N) is 1. The van der Waals surface area contributed by atoms with Crippen molar-refractivity contribution in [1.82, 2.24) is 10.2 Å². The molecule has 1 aromatic carbocycles. The fourth-order valence-electron chi connectivity index (χ4n) is 5.70. The number of fused-ring (bicyclic) bond motifs is 1. The van der Waals surface area contributed by atoms with E-state index in [1.807, 2.05) is 38.1 Å². The molecule has 4 atom stereocenters. The number of aliphatic imine (C=N–C) groups is 1. The maximum atomic E-state index is 13.5. The van der Waals surface area contributed by atoms with Gasteiger partial charge in [-0.2, -0.15) is 0 Å². The van der Waals surface area contributed by atoms with Crippen LogP contribution < -0.4 is 15.8 Å². The highest BCUT2D eigenvalue weighted by molar-refractivity contribution is 5.99. The summed E-state index contributed by atoms with van der Waals surface area (Å²) in [7, 11) is 1.65. The summed E-state index contributed by atoms with van der Waals surface area (Å²) in [6.07, 6.45) is 3.21. The first-order valence-corrected chi connectivity index (χ1v) is 12.8. The average Bonchev–Trinajstić information content (AvgIpc) is 3.63.